The van der Waals surface area contributed by atoms with Gasteiger partial charge in [-0.05, 0) is 36.4 Å². The minimum atomic E-state index is -4.85. The number of para-hydroxylation sites is 1. The van der Waals surface area contributed by atoms with Crippen molar-refractivity contribution in [2.24, 2.45) is 0 Å². The van der Waals surface area contributed by atoms with Gasteiger partial charge in [-0.15, -0.1) is 0 Å². The number of anilines is 1. The molecule has 0 spiro atoms. The first-order valence-corrected chi connectivity index (χ1v) is 7.08. The molecule has 1 atom stereocenters. The van der Waals surface area contributed by atoms with Crippen molar-refractivity contribution in [1.29, 1.82) is 0 Å². The Morgan fingerprint density at radius 2 is 1.71 bits per heavy atom. The molecule has 0 aromatic heterocycles. The number of hydrogen-bond acceptors (Lipinski definition) is 4. The van der Waals surface area contributed by atoms with Crippen LogP contribution in [0, 0.1) is 0 Å². The van der Waals surface area contributed by atoms with E-state index in [-0.39, 0.29) is 16.8 Å². The first-order chi connectivity index (χ1) is 11.3. The van der Waals surface area contributed by atoms with E-state index in [1.54, 1.807) is 12.1 Å². The van der Waals surface area contributed by atoms with E-state index < -0.39 is 17.9 Å². The highest BCUT2D eigenvalue weighted by molar-refractivity contribution is 5.98. The molecule has 0 aliphatic carbocycles. The third-order valence-corrected chi connectivity index (χ3v) is 4.06. The van der Waals surface area contributed by atoms with Crippen LogP contribution in [0.5, 0.6) is 5.75 Å². The van der Waals surface area contributed by atoms with Gasteiger partial charge in [-0.25, -0.2) is 4.79 Å². The van der Waals surface area contributed by atoms with Crippen LogP contribution in [0.1, 0.15) is 15.9 Å². The summed E-state index contributed by atoms with van der Waals surface area (Å²) in [4.78, 5) is 13.2. The summed E-state index contributed by atoms with van der Waals surface area (Å²) in [5, 5.41) is 0. The topological polar surface area (TPSA) is 38.8 Å². The number of rotatable bonds is 2. The smallest absolute Gasteiger partial charge is 0.453 e. The van der Waals surface area contributed by atoms with Crippen LogP contribution in [0.25, 0.3) is 0 Å². The number of methoxy groups -OCH3 is 1. The summed E-state index contributed by atoms with van der Waals surface area (Å²) in [7, 11) is 2.67. The van der Waals surface area contributed by atoms with Gasteiger partial charge in [-0.3, -0.25) is 0 Å². The van der Waals surface area contributed by atoms with Gasteiger partial charge in [-0.2, -0.15) is 13.2 Å². The van der Waals surface area contributed by atoms with Gasteiger partial charge in [0.1, 0.15) is 5.75 Å². The van der Waals surface area contributed by atoms with Gasteiger partial charge >= 0.3 is 17.9 Å². The molecule has 1 aliphatic heterocycles. The quantitative estimate of drug-likeness (QED) is 0.783. The van der Waals surface area contributed by atoms with Crippen LogP contribution in [0.4, 0.5) is 18.9 Å². The first-order valence-electron chi connectivity index (χ1n) is 7.08. The van der Waals surface area contributed by atoms with Crippen molar-refractivity contribution in [2.45, 2.75) is 11.9 Å². The van der Waals surface area contributed by atoms with Crippen LogP contribution >= 0.6 is 0 Å². The number of carbonyl (C=O) groups excluding carboxylic acids is 1. The molecular weight excluding hydrogens is 323 g/mol. The van der Waals surface area contributed by atoms with Gasteiger partial charge in [0.05, 0.1) is 18.4 Å². The van der Waals surface area contributed by atoms with Crippen LogP contribution < -0.4 is 9.64 Å². The Morgan fingerprint density at radius 1 is 1.08 bits per heavy atom. The third-order valence-electron chi connectivity index (χ3n) is 4.06. The first kappa shape index (κ1) is 16.2. The fourth-order valence-corrected chi connectivity index (χ4v) is 2.85. The van der Waals surface area contributed by atoms with E-state index in [0.29, 0.717) is 5.75 Å². The molecule has 0 amide bonds. The van der Waals surface area contributed by atoms with Crippen molar-refractivity contribution < 1.29 is 27.4 Å². The number of nitrogens with zero attached hydrogens (tertiary/aromatic N) is 1. The fourth-order valence-electron chi connectivity index (χ4n) is 2.85. The minimum Gasteiger partial charge on any atom is -0.497 e. The number of esters is 1. The number of fused-ring (bicyclic) bond motifs is 1. The maximum absolute atomic E-state index is 14.0. The monoisotopic (exact) mass is 337 g/mol. The molecule has 0 N–H and O–H groups in total. The number of cyclic esters (lactones) is 1. The highest BCUT2D eigenvalue weighted by atomic mass is 19.4. The van der Waals surface area contributed by atoms with E-state index in [9.17, 15) is 18.0 Å². The predicted molar refractivity (Wildman–Crippen MR) is 81.0 cm³/mol. The van der Waals surface area contributed by atoms with Gasteiger partial charge < -0.3 is 14.4 Å². The lowest BCUT2D eigenvalue weighted by molar-refractivity contribution is -0.265. The van der Waals surface area contributed by atoms with Gasteiger partial charge in [0.25, 0.3) is 0 Å². The summed E-state index contributed by atoms with van der Waals surface area (Å²) >= 11 is 0. The summed E-state index contributed by atoms with van der Waals surface area (Å²) in [6.07, 6.45) is -4.85. The highest BCUT2D eigenvalue weighted by Gasteiger charge is 2.65. The van der Waals surface area contributed by atoms with E-state index in [1.807, 2.05) is 0 Å². The van der Waals surface area contributed by atoms with Crippen LogP contribution in [-0.4, -0.2) is 26.3 Å². The number of alkyl halides is 3. The van der Waals surface area contributed by atoms with Crippen LogP contribution in [0.2, 0.25) is 0 Å². The molecule has 0 fully saturated rings. The van der Waals surface area contributed by atoms with E-state index in [2.05, 4.69) is 0 Å². The minimum absolute atomic E-state index is 0.0911. The standard InChI is InChI=1S/C17H14F3NO3/c1-21-14-6-4-3-5-13(14)15(22)24-16(21,17(18,19)20)11-7-9-12(23-2)10-8-11/h3-10H,1-2H3/t16-/m0/s1. The molecule has 0 unspecified atom stereocenters. The summed E-state index contributed by atoms with van der Waals surface area (Å²) in [6.45, 7) is 0. The third kappa shape index (κ3) is 2.19. The fraction of sp³-hybridized carbons (Fsp3) is 0.235. The zero-order valence-electron chi connectivity index (χ0n) is 12.9. The highest BCUT2D eigenvalue weighted by Crippen LogP contribution is 2.50. The molecule has 4 nitrogen and oxygen atoms in total. The number of benzene rings is 2. The largest absolute Gasteiger partial charge is 0.497 e. The molecule has 2 aromatic rings. The van der Waals surface area contributed by atoms with Crippen LogP contribution in [-0.2, 0) is 10.5 Å². The molecule has 7 heteroatoms. The number of ether oxygens (including phenoxy) is 2. The molecule has 3 rings (SSSR count). The van der Waals surface area contributed by atoms with E-state index >= 15 is 0 Å². The second-order valence-electron chi connectivity index (χ2n) is 5.34. The molecule has 0 radical (unpaired) electrons. The van der Waals surface area contributed by atoms with E-state index in [1.165, 1.54) is 50.6 Å². The lowest BCUT2D eigenvalue weighted by atomic mass is 9.96. The molecule has 1 aliphatic rings. The summed E-state index contributed by atoms with van der Waals surface area (Å²) < 4.78 is 52.0. The van der Waals surface area contributed by atoms with Gasteiger partial charge in [0.2, 0.25) is 0 Å². The Hall–Kier alpha value is -2.70. The molecular formula is C17H14F3NO3. The average Bonchev–Trinajstić information content (AvgIpc) is 2.57. The van der Waals surface area contributed by atoms with Crippen molar-refractivity contribution in [3.63, 3.8) is 0 Å². The van der Waals surface area contributed by atoms with Crippen molar-refractivity contribution >= 4 is 11.7 Å². The van der Waals surface area contributed by atoms with Crippen molar-refractivity contribution in [2.75, 3.05) is 19.1 Å². The Morgan fingerprint density at radius 3 is 2.29 bits per heavy atom. The molecule has 24 heavy (non-hydrogen) atoms. The Bertz CT molecular complexity index is 773. The Labute approximate surface area is 136 Å². The van der Waals surface area contributed by atoms with E-state index in [0.717, 1.165) is 4.90 Å². The number of carbonyl (C=O) groups is 1. The lowest BCUT2D eigenvalue weighted by Crippen LogP contribution is -2.60. The molecule has 126 valence electrons. The lowest BCUT2D eigenvalue weighted by Gasteiger charge is -2.46. The van der Waals surface area contributed by atoms with Crippen molar-refractivity contribution in [1.82, 2.24) is 0 Å². The maximum atomic E-state index is 14.0. The molecule has 0 saturated heterocycles. The SMILES string of the molecule is COc1ccc([C@@]2(C(F)(F)F)OC(=O)c3ccccc3N2C)cc1. The Kier molecular flexibility index (Phi) is 3.66. The summed E-state index contributed by atoms with van der Waals surface area (Å²) in [5.41, 5.74) is -2.86. The van der Waals surface area contributed by atoms with Crippen LogP contribution in [0.3, 0.4) is 0 Å². The van der Waals surface area contributed by atoms with Crippen molar-refractivity contribution in [3.05, 3.63) is 59.7 Å². The van der Waals surface area contributed by atoms with E-state index in [4.69, 9.17) is 9.47 Å². The average molecular weight is 337 g/mol. The number of halogens is 3. The molecule has 1 heterocycles. The predicted octanol–water partition coefficient (Wildman–Crippen LogP) is 3.72. The van der Waals surface area contributed by atoms with Gasteiger partial charge in [0, 0.05) is 12.6 Å². The number of hydrogen-bond donors (Lipinski definition) is 0. The van der Waals surface area contributed by atoms with Gasteiger partial charge in [-0.1, -0.05) is 12.1 Å². The zero-order valence-corrected chi connectivity index (χ0v) is 12.9. The molecule has 0 bridgehead atoms. The van der Waals surface area contributed by atoms with Crippen LogP contribution in [0.15, 0.2) is 48.5 Å². The molecule has 0 saturated carbocycles. The van der Waals surface area contributed by atoms with Crippen molar-refractivity contribution in [3.8, 4) is 5.75 Å². The molecule has 2 aromatic carbocycles. The maximum Gasteiger partial charge on any atom is 0.453 e. The normalized spacial score (nSPS) is 20.4. The summed E-state index contributed by atoms with van der Waals surface area (Å²) in [5.74, 6) is -0.613. The second-order valence-corrected chi connectivity index (χ2v) is 5.34. The van der Waals surface area contributed by atoms with Gasteiger partial charge in [0.15, 0.2) is 0 Å². The zero-order chi connectivity index (χ0) is 17.5. The second kappa shape index (κ2) is 5.43. The Balaban J connectivity index is 2.22. The summed E-state index contributed by atoms with van der Waals surface area (Å²) in [6, 6.07) is 11.3.